The van der Waals surface area contributed by atoms with Gasteiger partial charge in [0.05, 0.1) is 5.56 Å². The molecule has 0 aliphatic rings. The van der Waals surface area contributed by atoms with Gasteiger partial charge in [-0.1, -0.05) is 30.3 Å². The number of carbonyl (C=O) groups is 1. The molecule has 1 heterocycles. The first-order valence-electron chi connectivity index (χ1n) is 6.95. The molecule has 0 aliphatic carbocycles. The summed E-state index contributed by atoms with van der Waals surface area (Å²) in [7, 11) is 0. The van der Waals surface area contributed by atoms with E-state index in [9.17, 15) is 4.79 Å². The molecule has 0 radical (unpaired) electrons. The van der Waals surface area contributed by atoms with Gasteiger partial charge in [-0.05, 0) is 36.8 Å². The molecule has 0 bridgehead atoms. The third kappa shape index (κ3) is 2.91. The Labute approximate surface area is 128 Å². The lowest BCUT2D eigenvalue weighted by Crippen LogP contribution is -1.99. The van der Waals surface area contributed by atoms with Crippen molar-refractivity contribution in [2.75, 3.05) is 0 Å². The standard InChI is InChI=1S/C18H15NO3/c1-12-5-8-14-3-2-4-16(17(14)19-12)22-11-13-6-9-15(10-7-13)18(20)21/h2-10H,11H2,1H3,(H,20,21). The van der Waals surface area contributed by atoms with E-state index in [-0.39, 0.29) is 5.56 Å². The first kappa shape index (κ1) is 14.1. The molecule has 0 saturated heterocycles. The fraction of sp³-hybridized carbons (Fsp3) is 0.111. The lowest BCUT2D eigenvalue weighted by Gasteiger charge is -2.09. The van der Waals surface area contributed by atoms with Gasteiger partial charge in [-0.15, -0.1) is 0 Å². The van der Waals surface area contributed by atoms with Crippen LogP contribution in [0.3, 0.4) is 0 Å². The maximum atomic E-state index is 10.8. The fourth-order valence-corrected chi connectivity index (χ4v) is 2.24. The minimum atomic E-state index is -0.929. The molecule has 1 N–H and O–H groups in total. The molecule has 2 aromatic carbocycles. The molecule has 4 heteroatoms. The maximum Gasteiger partial charge on any atom is 0.335 e. The first-order valence-corrected chi connectivity index (χ1v) is 6.95. The number of aromatic carboxylic acids is 1. The normalized spacial score (nSPS) is 10.6. The Kier molecular flexibility index (Phi) is 3.74. The van der Waals surface area contributed by atoms with Gasteiger partial charge in [0.2, 0.25) is 0 Å². The molecule has 0 aliphatic heterocycles. The van der Waals surface area contributed by atoms with Gasteiger partial charge in [0, 0.05) is 11.1 Å². The second kappa shape index (κ2) is 5.85. The number of pyridine rings is 1. The van der Waals surface area contributed by atoms with Crippen LogP contribution in [0, 0.1) is 6.92 Å². The second-order valence-corrected chi connectivity index (χ2v) is 5.07. The Morgan fingerprint density at radius 2 is 1.86 bits per heavy atom. The van der Waals surface area contributed by atoms with Gasteiger partial charge in [0.15, 0.2) is 0 Å². The number of fused-ring (bicyclic) bond motifs is 1. The number of aromatic nitrogens is 1. The molecular weight excluding hydrogens is 278 g/mol. The van der Waals surface area contributed by atoms with Gasteiger partial charge in [-0.2, -0.15) is 0 Å². The van der Waals surface area contributed by atoms with E-state index in [0.717, 1.165) is 27.9 Å². The zero-order chi connectivity index (χ0) is 15.5. The van der Waals surface area contributed by atoms with Gasteiger partial charge >= 0.3 is 5.97 Å². The highest BCUT2D eigenvalue weighted by Gasteiger charge is 2.05. The average molecular weight is 293 g/mol. The molecule has 0 spiro atoms. The van der Waals surface area contributed by atoms with Crippen molar-refractivity contribution < 1.29 is 14.6 Å². The van der Waals surface area contributed by atoms with E-state index >= 15 is 0 Å². The Hall–Kier alpha value is -2.88. The van der Waals surface area contributed by atoms with Crippen LogP contribution in [0.15, 0.2) is 54.6 Å². The number of aryl methyl sites for hydroxylation is 1. The summed E-state index contributed by atoms with van der Waals surface area (Å²) in [4.78, 5) is 15.4. The number of carboxylic acid groups (broad SMARTS) is 1. The highest BCUT2D eigenvalue weighted by atomic mass is 16.5. The molecule has 0 amide bonds. The van der Waals surface area contributed by atoms with E-state index in [0.29, 0.717) is 6.61 Å². The van der Waals surface area contributed by atoms with Gasteiger partial charge in [-0.25, -0.2) is 9.78 Å². The van der Waals surface area contributed by atoms with Crippen molar-refractivity contribution in [1.82, 2.24) is 4.98 Å². The summed E-state index contributed by atoms with van der Waals surface area (Å²) in [5.74, 6) is -0.204. The number of rotatable bonds is 4. The number of para-hydroxylation sites is 1. The lowest BCUT2D eigenvalue weighted by atomic mass is 10.1. The molecule has 4 nitrogen and oxygen atoms in total. The second-order valence-electron chi connectivity index (χ2n) is 5.07. The van der Waals surface area contributed by atoms with Crippen LogP contribution < -0.4 is 4.74 Å². The quantitative estimate of drug-likeness (QED) is 0.794. The van der Waals surface area contributed by atoms with Crippen molar-refractivity contribution in [3.8, 4) is 5.75 Å². The van der Waals surface area contributed by atoms with Crippen LogP contribution in [0.2, 0.25) is 0 Å². The number of ether oxygens (including phenoxy) is 1. The monoisotopic (exact) mass is 293 g/mol. The Balaban J connectivity index is 1.81. The predicted molar refractivity (Wildman–Crippen MR) is 84.2 cm³/mol. The number of nitrogens with zero attached hydrogens (tertiary/aromatic N) is 1. The van der Waals surface area contributed by atoms with Gasteiger partial charge < -0.3 is 9.84 Å². The van der Waals surface area contributed by atoms with Crippen LogP contribution >= 0.6 is 0 Å². The molecule has 3 aromatic rings. The zero-order valence-electron chi connectivity index (χ0n) is 12.1. The minimum absolute atomic E-state index is 0.270. The zero-order valence-corrected chi connectivity index (χ0v) is 12.1. The SMILES string of the molecule is Cc1ccc2cccc(OCc3ccc(C(=O)O)cc3)c2n1. The van der Waals surface area contributed by atoms with E-state index in [2.05, 4.69) is 4.98 Å². The molecule has 22 heavy (non-hydrogen) atoms. The average Bonchev–Trinajstić information content (AvgIpc) is 2.53. The highest BCUT2D eigenvalue weighted by Crippen LogP contribution is 2.24. The smallest absolute Gasteiger partial charge is 0.335 e. The predicted octanol–water partition coefficient (Wildman–Crippen LogP) is 3.82. The molecule has 3 rings (SSSR count). The van der Waals surface area contributed by atoms with Crippen LogP contribution in [0.5, 0.6) is 5.75 Å². The first-order chi connectivity index (χ1) is 10.6. The molecule has 110 valence electrons. The van der Waals surface area contributed by atoms with E-state index in [1.807, 2.05) is 37.3 Å². The lowest BCUT2D eigenvalue weighted by molar-refractivity contribution is 0.0697. The summed E-state index contributed by atoms with van der Waals surface area (Å²) in [6.07, 6.45) is 0. The molecule has 1 aromatic heterocycles. The van der Waals surface area contributed by atoms with Crippen LogP contribution in [-0.2, 0) is 6.61 Å². The van der Waals surface area contributed by atoms with E-state index in [1.54, 1.807) is 24.3 Å². The Morgan fingerprint density at radius 1 is 1.09 bits per heavy atom. The van der Waals surface area contributed by atoms with Gasteiger partial charge in [0.25, 0.3) is 0 Å². The molecular formula is C18H15NO3. The number of benzene rings is 2. The summed E-state index contributed by atoms with van der Waals surface area (Å²) in [5.41, 5.74) is 2.96. The summed E-state index contributed by atoms with van der Waals surface area (Å²) in [5, 5.41) is 9.92. The summed E-state index contributed by atoms with van der Waals surface area (Å²) in [6, 6.07) is 16.5. The number of carboxylic acids is 1. The molecule has 0 atom stereocenters. The van der Waals surface area contributed by atoms with Crippen molar-refractivity contribution in [1.29, 1.82) is 0 Å². The van der Waals surface area contributed by atoms with Crippen molar-refractivity contribution >= 4 is 16.9 Å². The van der Waals surface area contributed by atoms with Crippen LogP contribution in [-0.4, -0.2) is 16.1 Å². The van der Waals surface area contributed by atoms with E-state index in [1.165, 1.54) is 0 Å². The molecule has 0 saturated carbocycles. The van der Waals surface area contributed by atoms with Crippen LogP contribution in [0.4, 0.5) is 0 Å². The Morgan fingerprint density at radius 3 is 2.59 bits per heavy atom. The van der Waals surface area contributed by atoms with Crippen LogP contribution in [0.1, 0.15) is 21.6 Å². The number of hydrogen-bond donors (Lipinski definition) is 1. The maximum absolute atomic E-state index is 10.8. The van der Waals surface area contributed by atoms with Crippen molar-refractivity contribution in [2.45, 2.75) is 13.5 Å². The minimum Gasteiger partial charge on any atom is -0.487 e. The van der Waals surface area contributed by atoms with Crippen molar-refractivity contribution in [2.24, 2.45) is 0 Å². The fourth-order valence-electron chi connectivity index (χ4n) is 2.24. The third-order valence-corrected chi connectivity index (χ3v) is 3.42. The van der Waals surface area contributed by atoms with Gasteiger partial charge in [-0.3, -0.25) is 0 Å². The molecule has 0 unspecified atom stereocenters. The molecule has 0 fully saturated rings. The van der Waals surface area contributed by atoms with Crippen LogP contribution in [0.25, 0.3) is 10.9 Å². The third-order valence-electron chi connectivity index (χ3n) is 3.42. The number of hydrogen-bond acceptors (Lipinski definition) is 3. The Bertz CT molecular complexity index is 825. The van der Waals surface area contributed by atoms with Crippen molar-refractivity contribution in [3.63, 3.8) is 0 Å². The summed E-state index contributed by atoms with van der Waals surface area (Å²) < 4.78 is 5.85. The highest BCUT2D eigenvalue weighted by molar-refractivity contribution is 5.87. The largest absolute Gasteiger partial charge is 0.487 e. The van der Waals surface area contributed by atoms with Crippen molar-refractivity contribution in [3.05, 3.63) is 71.4 Å². The summed E-state index contributed by atoms with van der Waals surface area (Å²) >= 11 is 0. The summed E-state index contributed by atoms with van der Waals surface area (Å²) in [6.45, 7) is 2.31. The van der Waals surface area contributed by atoms with Gasteiger partial charge in [0.1, 0.15) is 17.9 Å². The topological polar surface area (TPSA) is 59.4 Å². The van der Waals surface area contributed by atoms with E-state index in [4.69, 9.17) is 9.84 Å². The van der Waals surface area contributed by atoms with E-state index < -0.39 is 5.97 Å².